The molecule has 1 N–H and O–H groups in total. The first kappa shape index (κ1) is 29.9. The van der Waals surface area contributed by atoms with Crippen LogP contribution in [-0.2, 0) is 16.8 Å². The third kappa shape index (κ3) is 7.82. The molecule has 3 fully saturated rings. The van der Waals surface area contributed by atoms with Crippen molar-refractivity contribution < 1.29 is 40.2 Å². The topological polar surface area (TPSA) is 88.2 Å². The van der Waals surface area contributed by atoms with Crippen LogP contribution in [0.1, 0.15) is 59.5 Å². The Kier molecular flexibility index (Phi) is 8.70. The van der Waals surface area contributed by atoms with Crippen LogP contribution in [-0.4, -0.2) is 62.7 Å². The molecule has 0 spiro atoms. The number of halogens is 5. The second-order valence-corrected chi connectivity index (χ2v) is 12.8. The number of alkyl halides is 3. The Bertz CT molecular complexity index is 1390. The summed E-state index contributed by atoms with van der Waals surface area (Å²) >= 11 is 5.99. The van der Waals surface area contributed by atoms with Gasteiger partial charge >= 0.3 is 16.6 Å². The van der Waals surface area contributed by atoms with Gasteiger partial charge in [-0.15, -0.1) is 13.2 Å². The molecular formula is C27H30ClF4N3O5S. The zero-order valence-electron chi connectivity index (χ0n) is 22.1. The molecule has 0 unspecified atom stereocenters. The summed E-state index contributed by atoms with van der Waals surface area (Å²) in [6, 6.07) is 6.61. The molecule has 1 aliphatic carbocycles. The third-order valence-corrected chi connectivity index (χ3v) is 9.20. The van der Waals surface area contributed by atoms with Crippen LogP contribution in [0.3, 0.4) is 0 Å². The second-order valence-electron chi connectivity index (χ2n) is 10.7. The Morgan fingerprint density at radius 3 is 2.34 bits per heavy atom. The van der Waals surface area contributed by atoms with Crippen LogP contribution in [0.4, 0.5) is 17.6 Å². The maximum absolute atomic E-state index is 15.0. The van der Waals surface area contributed by atoms with E-state index in [1.807, 2.05) is 4.72 Å². The van der Waals surface area contributed by atoms with Crippen molar-refractivity contribution in [2.75, 3.05) is 32.8 Å². The quantitative estimate of drug-likeness (QED) is 0.367. The van der Waals surface area contributed by atoms with E-state index in [2.05, 4.69) is 9.64 Å². The van der Waals surface area contributed by atoms with Gasteiger partial charge in [0, 0.05) is 30.7 Å². The Hall–Kier alpha value is -2.61. The Morgan fingerprint density at radius 2 is 1.73 bits per heavy atom. The van der Waals surface area contributed by atoms with Crippen molar-refractivity contribution in [1.82, 2.24) is 13.9 Å². The number of nitrogens with zero attached hydrogens (tertiary/aromatic N) is 2. The SMILES string of the molecule is O=C(NS(=O)(=O)N1CCC1)c1cc(C2CC2)c(OCC2CCN(Cc3cc(Cl)cc(OC(F)(F)F)c3)CC2)cc1F. The molecule has 0 bridgehead atoms. The second kappa shape index (κ2) is 11.9. The normalized spacial score (nSPS) is 19.0. The van der Waals surface area contributed by atoms with Crippen molar-refractivity contribution in [2.24, 2.45) is 5.92 Å². The number of carbonyl (C=O) groups excluding carboxylic acids is 1. The van der Waals surface area contributed by atoms with E-state index in [1.54, 1.807) is 6.07 Å². The molecule has 1 saturated carbocycles. The number of likely N-dealkylation sites (tertiary alicyclic amines) is 1. The minimum absolute atomic E-state index is 0.120. The fourth-order valence-electron chi connectivity index (χ4n) is 5.03. The number of hydrogen-bond donors (Lipinski definition) is 1. The average Bonchev–Trinajstić information content (AvgIpc) is 3.65. The summed E-state index contributed by atoms with van der Waals surface area (Å²) in [6.07, 6.45) is -0.821. The average molecular weight is 620 g/mol. The van der Waals surface area contributed by atoms with Gasteiger partial charge in [-0.25, -0.2) is 9.11 Å². The summed E-state index contributed by atoms with van der Waals surface area (Å²) in [6.45, 7) is 2.76. The minimum Gasteiger partial charge on any atom is -0.493 e. The van der Waals surface area contributed by atoms with E-state index >= 15 is 0 Å². The van der Waals surface area contributed by atoms with Crippen LogP contribution >= 0.6 is 11.6 Å². The molecule has 2 saturated heterocycles. The zero-order chi connectivity index (χ0) is 29.4. The van der Waals surface area contributed by atoms with Gasteiger partial charge < -0.3 is 9.47 Å². The summed E-state index contributed by atoms with van der Waals surface area (Å²) in [5, 5.41) is 0.157. The Morgan fingerprint density at radius 1 is 1.02 bits per heavy atom. The van der Waals surface area contributed by atoms with Gasteiger partial charge in [-0.1, -0.05) is 11.6 Å². The van der Waals surface area contributed by atoms with Crippen molar-refractivity contribution >= 4 is 27.7 Å². The predicted molar refractivity (Wildman–Crippen MR) is 143 cm³/mol. The van der Waals surface area contributed by atoms with Crippen molar-refractivity contribution in [3.8, 4) is 11.5 Å². The number of ether oxygens (including phenoxy) is 2. The molecular weight excluding hydrogens is 590 g/mol. The lowest BCUT2D eigenvalue weighted by Crippen LogP contribution is -2.49. The summed E-state index contributed by atoms with van der Waals surface area (Å²) < 4.78 is 90.5. The summed E-state index contributed by atoms with van der Waals surface area (Å²) in [5.74, 6) is -1.57. The number of rotatable bonds is 10. The van der Waals surface area contributed by atoms with Crippen LogP contribution in [0, 0.1) is 11.7 Å². The van der Waals surface area contributed by atoms with Gasteiger partial charge in [-0.2, -0.15) is 12.7 Å². The number of amides is 1. The monoisotopic (exact) mass is 619 g/mol. The van der Waals surface area contributed by atoms with Crippen molar-refractivity contribution in [1.29, 1.82) is 0 Å². The largest absolute Gasteiger partial charge is 0.573 e. The summed E-state index contributed by atoms with van der Waals surface area (Å²) in [7, 11) is -4.00. The maximum atomic E-state index is 15.0. The van der Waals surface area contributed by atoms with Crippen LogP contribution in [0.15, 0.2) is 30.3 Å². The molecule has 41 heavy (non-hydrogen) atoms. The fourth-order valence-corrected chi connectivity index (χ4v) is 6.49. The van der Waals surface area contributed by atoms with Crippen LogP contribution in [0.5, 0.6) is 11.5 Å². The highest BCUT2D eigenvalue weighted by Gasteiger charge is 2.34. The van der Waals surface area contributed by atoms with Gasteiger partial charge in [0.1, 0.15) is 17.3 Å². The molecule has 8 nitrogen and oxygen atoms in total. The van der Waals surface area contributed by atoms with Gasteiger partial charge in [-0.3, -0.25) is 9.69 Å². The first-order valence-electron chi connectivity index (χ1n) is 13.4. The first-order chi connectivity index (χ1) is 19.4. The smallest absolute Gasteiger partial charge is 0.493 e. The standard InChI is InChI=1S/C27H30ClF4N3O5S/c28-20-10-18(11-21(12-20)40-27(30,31)32)15-34-8-4-17(5-9-34)16-39-25-14-24(29)23(13-22(25)19-2-3-19)26(36)33-41(37,38)35-6-1-7-35/h10-14,17,19H,1-9,15-16H2,(H,33,36). The number of hydrogen-bond acceptors (Lipinski definition) is 6. The molecule has 224 valence electrons. The predicted octanol–water partition coefficient (Wildman–Crippen LogP) is 5.23. The van der Waals surface area contributed by atoms with Crippen molar-refractivity contribution in [3.63, 3.8) is 0 Å². The van der Waals surface area contributed by atoms with E-state index in [0.717, 1.165) is 42.1 Å². The highest BCUT2D eigenvalue weighted by atomic mass is 35.5. The van der Waals surface area contributed by atoms with Crippen molar-refractivity contribution in [3.05, 3.63) is 57.9 Å². The molecule has 2 heterocycles. The van der Waals surface area contributed by atoms with E-state index in [-0.39, 0.29) is 28.2 Å². The lowest BCUT2D eigenvalue weighted by Gasteiger charge is -2.32. The molecule has 0 atom stereocenters. The van der Waals surface area contributed by atoms with E-state index < -0.39 is 28.3 Å². The molecule has 5 rings (SSSR count). The Labute approximate surface area is 240 Å². The van der Waals surface area contributed by atoms with Gasteiger partial charge in [-0.05, 0) is 92.4 Å². The van der Waals surface area contributed by atoms with Crippen LogP contribution < -0.4 is 14.2 Å². The Balaban J connectivity index is 1.16. The maximum Gasteiger partial charge on any atom is 0.573 e. The van der Waals surface area contributed by atoms with Crippen molar-refractivity contribution in [2.45, 2.75) is 50.9 Å². The first-order valence-corrected chi connectivity index (χ1v) is 15.2. The molecule has 14 heteroatoms. The van der Waals surface area contributed by atoms with Crippen LogP contribution in [0.25, 0.3) is 0 Å². The zero-order valence-corrected chi connectivity index (χ0v) is 23.6. The highest BCUT2D eigenvalue weighted by Crippen LogP contribution is 2.45. The molecule has 3 aliphatic rings. The molecule has 0 radical (unpaired) electrons. The van der Waals surface area contributed by atoms with Gasteiger partial charge in [0.15, 0.2) is 0 Å². The number of piperidine rings is 1. The summed E-state index contributed by atoms with van der Waals surface area (Å²) in [4.78, 5) is 14.7. The van der Waals surface area contributed by atoms with E-state index in [1.165, 1.54) is 12.1 Å². The van der Waals surface area contributed by atoms with E-state index in [0.29, 0.717) is 62.6 Å². The van der Waals surface area contributed by atoms with Gasteiger partial charge in [0.25, 0.3) is 5.91 Å². The van der Waals surface area contributed by atoms with E-state index in [9.17, 15) is 30.8 Å². The minimum atomic E-state index is -4.80. The third-order valence-electron chi connectivity index (χ3n) is 7.49. The molecule has 2 aromatic carbocycles. The van der Waals surface area contributed by atoms with Gasteiger partial charge in [0.2, 0.25) is 0 Å². The molecule has 1 amide bonds. The molecule has 0 aromatic heterocycles. The van der Waals surface area contributed by atoms with Gasteiger partial charge in [0.05, 0.1) is 12.2 Å². The number of carbonyl (C=O) groups is 1. The molecule has 2 aliphatic heterocycles. The summed E-state index contributed by atoms with van der Waals surface area (Å²) in [5.41, 5.74) is 0.965. The fraction of sp³-hybridized carbons (Fsp3) is 0.519. The lowest BCUT2D eigenvalue weighted by molar-refractivity contribution is -0.274. The number of nitrogens with one attached hydrogen (secondary N) is 1. The van der Waals surface area contributed by atoms with Crippen LogP contribution in [0.2, 0.25) is 5.02 Å². The molecule has 2 aromatic rings. The van der Waals surface area contributed by atoms with E-state index in [4.69, 9.17) is 16.3 Å². The highest BCUT2D eigenvalue weighted by molar-refractivity contribution is 7.87. The lowest BCUT2D eigenvalue weighted by atomic mass is 9.97. The number of benzene rings is 2.